The lowest BCUT2D eigenvalue weighted by Crippen LogP contribution is -2.23. The molecule has 0 fully saturated rings. The Morgan fingerprint density at radius 3 is 2.64 bits per heavy atom. The van der Waals surface area contributed by atoms with Crippen LogP contribution < -0.4 is 5.32 Å². The second-order valence-electron chi connectivity index (χ2n) is 3.37. The van der Waals surface area contributed by atoms with Crippen LogP contribution in [0.25, 0.3) is 0 Å². The minimum absolute atomic E-state index is 0.0729. The summed E-state index contributed by atoms with van der Waals surface area (Å²) in [5.41, 5.74) is 0.938. The summed E-state index contributed by atoms with van der Waals surface area (Å²) in [6, 6.07) is 1.95. The van der Waals surface area contributed by atoms with Crippen molar-refractivity contribution in [1.82, 2.24) is 9.97 Å². The molecule has 1 rings (SSSR count). The zero-order chi connectivity index (χ0) is 10.6. The van der Waals surface area contributed by atoms with Crippen LogP contribution in [0.5, 0.6) is 0 Å². The first-order valence-corrected chi connectivity index (χ1v) is 4.85. The number of aryl methyl sites for hydroxylation is 2. The van der Waals surface area contributed by atoms with Crippen molar-refractivity contribution < 1.29 is 5.11 Å². The summed E-state index contributed by atoms with van der Waals surface area (Å²) in [5, 5.41) is 12.2. The maximum Gasteiger partial charge on any atom is 0.130 e. The molecule has 0 amide bonds. The fourth-order valence-corrected chi connectivity index (χ4v) is 1.28. The van der Waals surface area contributed by atoms with Gasteiger partial charge in [0.15, 0.2) is 0 Å². The molecule has 78 valence electrons. The summed E-state index contributed by atoms with van der Waals surface area (Å²) >= 11 is 0. The average Bonchev–Trinajstić information content (AvgIpc) is 2.12. The highest BCUT2D eigenvalue weighted by Gasteiger charge is 2.05. The predicted octanol–water partition coefficient (Wildman–Crippen LogP) is 1.28. The highest BCUT2D eigenvalue weighted by Crippen LogP contribution is 2.08. The van der Waals surface area contributed by atoms with Gasteiger partial charge in [-0.1, -0.05) is 6.92 Å². The number of anilines is 1. The van der Waals surface area contributed by atoms with Crippen LogP contribution in [0, 0.1) is 13.8 Å². The van der Waals surface area contributed by atoms with Gasteiger partial charge >= 0.3 is 0 Å². The Morgan fingerprint density at radius 1 is 1.43 bits per heavy atom. The minimum atomic E-state index is 0.0729. The predicted molar refractivity (Wildman–Crippen MR) is 56.3 cm³/mol. The molecule has 1 aromatic rings. The number of aliphatic hydroxyl groups excluding tert-OH is 1. The van der Waals surface area contributed by atoms with Crippen LogP contribution in [0.15, 0.2) is 6.07 Å². The molecular formula is C10H17N3O. The number of aromatic nitrogens is 2. The Bertz CT molecular complexity index is 277. The van der Waals surface area contributed by atoms with E-state index in [1.54, 1.807) is 0 Å². The van der Waals surface area contributed by atoms with E-state index in [0.29, 0.717) is 0 Å². The summed E-state index contributed by atoms with van der Waals surface area (Å²) in [6.07, 6.45) is 0.874. The third-order valence-electron chi connectivity index (χ3n) is 2.03. The topological polar surface area (TPSA) is 58.0 Å². The van der Waals surface area contributed by atoms with Crippen molar-refractivity contribution in [1.29, 1.82) is 0 Å². The summed E-state index contributed by atoms with van der Waals surface area (Å²) in [5.74, 6) is 1.54. The van der Waals surface area contributed by atoms with Gasteiger partial charge in [0.2, 0.25) is 0 Å². The van der Waals surface area contributed by atoms with Crippen molar-refractivity contribution in [2.45, 2.75) is 33.2 Å². The van der Waals surface area contributed by atoms with Gasteiger partial charge in [-0.05, 0) is 20.3 Å². The molecule has 0 aromatic carbocycles. The third-order valence-corrected chi connectivity index (χ3v) is 2.03. The first kappa shape index (κ1) is 10.9. The SMILES string of the molecule is CC[C@H](CO)Nc1cc(C)nc(C)n1. The molecule has 14 heavy (non-hydrogen) atoms. The Hall–Kier alpha value is -1.16. The van der Waals surface area contributed by atoms with E-state index >= 15 is 0 Å². The summed E-state index contributed by atoms with van der Waals surface area (Å²) in [7, 11) is 0. The fourth-order valence-electron chi connectivity index (χ4n) is 1.28. The van der Waals surface area contributed by atoms with E-state index in [0.717, 1.165) is 23.8 Å². The first-order valence-electron chi connectivity index (χ1n) is 4.85. The van der Waals surface area contributed by atoms with Gasteiger partial charge in [0.05, 0.1) is 12.6 Å². The van der Waals surface area contributed by atoms with Crippen LogP contribution in [0.2, 0.25) is 0 Å². The minimum Gasteiger partial charge on any atom is -0.394 e. The van der Waals surface area contributed by atoms with Crippen molar-refractivity contribution in [3.63, 3.8) is 0 Å². The Morgan fingerprint density at radius 2 is 2.14 bits per heavy atom. The quantitative estimate of drug-likeness (QED) is 0.759. The van der Waals surface area contributed by atoms with E-state index in [1.165, 1.54) is 0 Å². The molecule has 0 bridgehead atoms. The zero-order valence-electron chi connectivity index (χ0n) is 8.91. The monoisotopic (exact) mass is 195 g/mol. The Labute approximate surface area is 84.4 Å². The van der Waals surface area contributed by atoms with Gasteiger partial charge in [-0.3, -0.25) is 0 Å². The maximum absolute atomic E-state index is 9.02. The second-order valence-corrected chi connectivity index (χ2v) is 3.37. The van der Waals surface area contributed by atoms with Crippen LogP contribution in [0.1, 0.15) is 24.9 Å². The molecule has 4 nitrogen and oxygen atoms in total. The highest BCUT2D eigenvalue weighted by molar-refractivity contribution is 5.36. The van der Waals surface area contributed by atoms with Crippen molar-refractivity contribution in [3.8, 4) is 0 Å². The standard InChI is InChI=1S/C10H17N3O/c1-4-9(6-14)13-10-5-7(2)11-8(3)12-10/h5,9,14H,4,6H2,1-3H3,(H,11,12,13)/t9-/m1/s1. The lowest BCUT2D eigenvalue weighted by molar-refractivity contribution is 0.271. The first-order chi connectivity index (χ1) is 6.65. The summed E-state index contributed by atoms with van der Waals surface area (Å²) < 4.78 is 0. The molecule has 0 spiro atoms. The summed E-state index contributed by atoms with van der Waals surface area (Å²) in [4.78, 5) is 8.42. The number of nitrogens with one attached hydrogen (secondary N) is 1. The molecule has 0 saturated heterocycles. The zero-order valence-corrected chi connectivity index (χ0v) is 8.91. The smallest absolute Gasteiger partial charge is 0.130 e. The Balaban J connectivity index is 2.75. The van der Waals surface area contributed by atoms with E-state index in [9.17, 15) is 0 Å². The van der Waals surface area contributed by atoms with E-state index in [2.05, 4.69) is 15.3 Å². The molecular weight excluding hydrogens is 178 g/mol. The van der Waals surface area contributed by atoms with Gasteiger partial charge in [0.25, 0.3) is 0 Å². The van der Waals surface area contributed by atoms with E-state index in [4.69, 9.17) is 5.11 Å². The van der Waals surface area contributed by atoms with Crippen LogP contribution >= 0.6 is 0 Å². The number of aliphatic hydroxyl groups is 1. The number of hydrogen-bond acceptors (Lipinski definition) is 4. The van der Waals surface area contributed by atoms with Crippen LogP contribution in [-0.2, 0) is 0 Å². The highest BCUT2D eigenvalue weighted by atomic mass is 16.3. The molecule has 4 heteroatoms. The number of rotatable bonds is 4. The van der Waals surface area contributed by atoms with Gasteiger partial charge in [-0.2, -0.15) is 0 Å². The number of hydrogen-bond donors (Lipinski definition) is 2. The molecule has 1 atom stereocenters. The van der Waals surface area contributed by atoms with Gasteiger partial charge < -0.3 is 10.4 Å². The van der Waals surface area contributed by atoms with Gasteiger partial charge in [0, 0.05) is 11.8 Å². The molecule has 0 saturated carbocycles. The van der Waals surface area contributed by atoms with Crippen molar-refractivity contribution in [2.75, 3.05) is 11.9 Å². The summed E-state index contributed by atoms with van der Waals surface area (Å²) in [6.45, 7) is 5.94. The van der Waals surface area contributed by atoms with Crippen LogP contribution in [0.3, 0.4) is 0 Å². The molecule has 2 N–H and O–H groups in total. The fraction of sp³-hybridized carbons (Fsp3) is 0.600. The molecule has 0 unspecified atom stereocenters. The lowest BCUT2D eigenvalue weighted by Gasteiger charge is -2.14. The maximum atomic E-state index is 9.02. The molecule has 0 aliphatic heterocycles. The number of nitrogens with zero attached hydrogens (tertiary/aromatic N) is 2. The largest absolute Gasteiger partial charge is 0.394 e. The normalized spacial score (nSPS) is 12.6. The van der Waals surface area contributed by atoms with E-state index in [1.807, 2.05) is 26.8 Å². The molecule has 0 aliphatic carbocycles. The van der Waals surface area contributed by atoms with Crippen molar-refractivity contribution in [2.24, 2.45) is 0 Å². The molecule has 1 heterocycles. The average molecular weight is 195 g/mol. The Kier molecular flexibility index (Phi) is 3.83. The van der Waals surface area contributed by atoms with E-state index < -0.39 is 0 Å². The van der Waals surface area contributed by atoms with Crippen molar-refractivity contribution >= 4 is 5.82 Å². The molecule has 0 aliphatic rings. The lowest BCUT2D eigenvalue weighted by atomic mass is 10.2. The third kappa shape index (κ3) is 2.96. The van der Waals surface area contributed by atoms with Crippen molar-refractivity contribution in [3.05, 3.63) is 17.6 Å². The van der Waals surface area contributed by atoms with Gasteiger partial charge in [-0.25, -0.2) is 9.97 Å². The second kappa shape index (κ2) is 4.91. The van der Waals surface area contributed by atoms with Gasteiger partial charge in [0.1, 0.15) is 11.6 Å². The van der Waals surface area contributed by atoms with Crippen LogP contribution in [-0.4, -0.2) is 27.7 Å². The molecule has 0 radical (unpaired) electrons. The van der Waals surface area contributed by atoms with E-state index in [-0.39, 0.29) is 12.6 Å². The molecule has 1 aromatic heterocycles. The van der Waals surface area contributed by atoms with Crippen LogP contribution in [0.4, 0.5) is 5.82 Å². The van der Waals surface area contributed by atoms with Gasteiger partial charge in [-0.15, -0.1) is 0 Å².